The molecule has 2 heterocycles. The van der Waals surface area contributed by atoms with Crippen molar-refractivity contribution in [1.29, 1.82) is 0 Å². The summed E-state index contributed by atoms with van der Waals surface area (Å²) in [5, 5.41) is 0. The van der Waals surface area contributed by atoms with Gasteiger partial charge in [-0.05, 0) is 26.7 Å². The predicted molar refractivity (Wildman–Crippen MR) is 68.3 cm³/mol. The number of allylic oxidation sites excluding steroid dienone is 1. The number of ether oxygens (including phenoxy) is 2. The number of Topliss-reactive ketones (excluding diaryl/α,β-unsaturated/α-hetero) is 1. The van der Waals surface area contributed by atoms with E-state index in [1.807, 2.05) is 6.92 Å². The van der Waals surface area contributed by atoms with Crippen molar-refractivity contribution in [2.45, 2.75) is 57.8 Å². The first-order chi connectivity index (χ1) is 8.52. The number of rotatable bonds is 3. The normalized spacial score (nSPS) is 46.1. The molecule has 5 atom stereocenters. The zero-order valence-electron chi connectivity index (χ0n) is 11.4. The molecule has 0 N–H and O–H groups in total. The van der Waals surface area contributed by atoms with E-state index in [2.05, 4.69) is 19.9 Å². The number of carbonyl (C=O) groups is 1. The summed E-state index contributed by atoms with van der Waals surface area (Å²) in [7, 11) is 0. The van der Waals surface area contributed by atoms with Gasteiger partial charge in [0, 0.05) is 18.3 Å². The summed E-state index contributed by atoms with van der Waals surface area (Å²) in [5.41, 5.74) is 1.31. The lowest BCUT2D eigenvalue weighted by molar-refractivity contribution is -0.128. The molecule has 3 nitrogen and oxygen atoms in total. The van der Waals surface area contributed by atoms with E-state index < -0.39 is 0 Å². The molecule has 1 aliphatic carbocycles. The second kappa shape index (κ2) is 4.17. The maximum Gasteiger partial charge on any atom is 0.136 e. The Bertz CT molecular complexity index is 391. The van der Waals surface area contributed by atoms with Gasteiger partial charge in [-0.3, -0.25) is 4.79 Å². The van der Waals surface area contributed by atoms with Crippen LogP contribution in [0.25, 0.3) is 0 Å². The van der Waals surface area contributed by atoms with Gasteiger partial charge in [0.1, 0.15) is 5.78 Å². The molecule has 1 saturated carbocycles. The number of hydrogen-bond donors (Lipinski definition) is 0. The van der Waals surface area contributed by atoms with Crippen molar-refractivity contribution in [1.82, 2.24) is 0 Å². The third kappa shape index (κ3) is 2.14. The third-order valence-electron chi connectivity index (χ3n) is 4.59. The van der Waals surface area contributed by atoms with Crippen LogP contribution in [-0.2, 0) is 14.3 Å². The average molecular weight is 250 g/mol. The molecule has 0 aromatic rings. The summed E-state index contributed by atoms with van der Waals surface area (Å²) in [4.78, 5) is 11.9. The van der Waals surface area contributed by atoms with E-state index in [4.69, 9.17) is 9.47 Å². The first-order valence-electron chi connectivity index (χ1n) is 6.97. The van der Waals surface area contributed by atoms with Gasteiger partial charge in [-0.2, -0.15) is 0 Å². The summed E-state index contributed by atoms with van der Waals surface area (Å²) in [6.45, 7) is 7.06. The van der Waals surface area contributed by atoms with Gasteiger partial charge in [0.15, 0.2) is 0 Å². The van der Waals surface area contributed by atoms with E-state index in [1.54, 1.807) is 0 Å². The van der Waals surface area contributed by atoms with Gasteiger partial charge in [-0.1, -0.05) is 18.6 Å². The van der Waals surface area contributed by atoms with E-state index >= 15 is 0 Å². The van der Waals surface area contributed by atoms with Crippen molar-refractivity contribution in [3.05, 3.63) is 11.6 Å². The van der Waals surface area contributed by atoms with Crippen LogP contribution in [0, 0.1) is 11.8 Å². The summed E-state index contributed by atoms with van der Waals surface area (Å²) < 4.78 is 11.5. The molecular weight excluding hydrogens is 228 g/mol. The van der Waals surface area contributed by atoms with Gasteiger partial charge >= 0.3 is 0 Å². The highest BCUT2D eigenvalue weighted by atomic mass is 16.6. The van der Waals surface area contributed by atoms with Crippen LogP contribution in [0.2, 0.25) is 0 Å². The zero-order valence-corrected chi connectivity index (χ0v) is 11.4. The Morgan fingerprint density at radius 1 is 1.50 bits per heavy atom. The van der Waals surface area contributed by atoms with E-state index in [0.29, 0.717) is 24.2 Å². The lowest BCUT2D eigenvalue weighted by Gasteiger charge is -2.30. The Labute approximate surface area is 109 Å². The highest BCUT2D eigenvalue weighted by Gasteiger charge is 2.63. The lowest BCUT2D eigenvalue weighted by Crippen LogP contribution is -2.40. The average Bonchev–Trinajstić information content (AvgIpc) is 3.18. The van der Waals surface area contributed by atoms with Gasteiger partial charge in [0.2, 0.25) is 0 Å². The van der Waals surface area contributed by atoms with Crippen molar-refractivity contribution in [3.8, 4) is 0 Å². The van der Waals surface area contributed by atoms with Crippen LogP contribution in [0.5, 0.6) is 0 Å². The predicted octanol–water partition coefficient (Wildman–Crippen LogP) is 2.49. The molecule has 3 fully saturated rings. The Morgan fingerprint density at radius 3 is 2.83 bits per heavy atom. The minimum atomic E-state index is -0.0162. The van der Waals surface area contributed by atoms with Crippen molar-refractivity contribution >= 4 is 5.78 Å². The molecule has 3 rings (SSSR count). The number of ketones is 1. The van der Waals surface area contributed by atoms with Crippen LogP contribution < -0.4 is 0 Å². The summed E-state index contributed by atoms with van der Waals surface area (Å²) in [5.74, 6) is 0.855. The van der Waals surface area contributed by atoms with Crippen molar-refractivity contribution in [3.63, 3.8) is 0 Å². The van der Waals surface area contributed by atoms with Crippen LogP contribution >= 0.6 is 0 Å². The minimum absolute atomic E-state index is 0.0162. The third-order valence-corrected chi connectivity index (χ3v) is 4.59. The molecule has 1 unspecified atom stereocenters. The highest BCUT2D eigenvalue weighted by Crippen LogP contribution is 2.53. The summed E-state index contributed by atoms with van der Waals surface area (Å²) >= 11 is 0. The fourth-order valence-corrected chi connectivity index (χ4v) is 3.28. The Balaban J connectivity index is 1.63. The highest BCUT2D eigenvalue weighted by molar-refractivity contribution is 5.82. The quantitative estimate of drug-likeness (QED) is 0.571. The molecule has 0 bridgehead atoms. The largest absolute Gasteiger partial charge is 0.369 e. The van der Waals surface area contributed by atoms with E-state index in [1.165, 1.54) is 5.57 Å². The zero-order chi connectivity index (χ0) is 12.9. The number of carbonyl (C=O) groups excluding carboxylic acids is 1. The summed E-state index contributed by atoms with van der Waals surface area (Å²) in [6, 6.07) is 0. The molecular formula is C15H22O3. The van der Waals surface area contributed by atoms with Gasteiger partial charge in [0.25, 0.3) is 0 Å². The fourth-order valence-electron chi connectivity index (χ4n) is 3.28. The second-order valence-electron chi connectivity index (χ2n) is 6.39. The molecule has 3 aliphatic rings. The molecule has 3 heteroatoms. The van der Waals surface area contributed by atoms with Crippen molar-refractivity contribution in [2.75, 3.05) is 6.61 Å². The maximum absolute atomic E-state index is 11.9. The molecule has 2 saturated heterocycles. The van der Waals surface area contributed by atoms with Crippen LogP contribution in [0.1, 0.15) is 40.0 Å². The summed E-state index contributed by atoms with van der Waals surface area (Å²) in [6.07, 6.45) is 5.30. The van der Waals surface area contributed by atoms with Gasteiger partial charge < -0.3 is 9.47 Å². The van der Waals surface area contributed by atoms with Gasteiger partial charge in [-0.15, -0.1) is 0 Å². The molecule has 100 valence electrons. The van der Waals surface area contributed by atoms with Gasteiger partial charge in [-0.25, -0.2) is 0 Å². The molecule has 0 radical (unpaired) electrons. The van der Waals surface area contributed by atoms with E-state index in [9.17, 15) is 4.79 Å². The second-order valence-corrected chi connectivity index (χ2v) is 6.39. The van der Waals surface area contributed by atoms with Crippen LogP contribution in [0.3, 0.4) is 0 Å². The van der Waals surface area contributed by atoms with Crippen LogP contribution in [-0.4, -0.2) is 30.2 Å². The molecule has 0 amide bonds. The SMILES string of the molecule is CC(C)=CC[C@H]1O[C@@H]1C1CC(=O)[C@@H](C)C[C@]12CO2. The lowest BCUT2D eigenvalue weighted by atomic mass is 9.72. The Kier molecular flexibility index (Phi) is 2.87. The fraction of sp³-hybridized carbons (Fsp3) is 0.800. The standard InChI is InChI=1S/C15H22O3/c1-9(2)4-5-13-14(18-13)11-6-12(16)10(3)7-15(11)8-17-15/h4,10-11,13-14H,5-8H2,1-3H3/t10-,11?,13+,14+,15-/m0/s1. The Hall–Kier alpha value is -0.670. The van der Waals surface area contributed by atoms with Crippen LogP contribution in [0.15, 0.2) is 11.6 Å². The van der Waals surface area contributed by atoms with E-state index in [-0.39, 0.29) is 17.6 Å². The van der Waals surface area contributed by atoms with Crippen LogP contribution in [0.4, 0.5) is 0 Å². The molecule has 2 aliphatic heterocycles. The van der Waals surface area contributed by atoms with Crippen molar-refractivity contribution < 1.29 is 14.3 Å². The van der Waals surface area contributed by atoms with Crippen molar-refractivity contribution in [2.24, 2.45) is 11.8 Å². The maximum atomic E-state index is 11.9. The minimum Gasteiger partial charge on any atom is -0.369 e. The number of epoxide rings is 2. The monoisotopic (exact) mass is 250 g/mol. The Morgan fingerprint density at radius 2 is 2.22 bits per heavy atom. The number of hydrogen-bond acceptors (Lipinski definition) is 3. The molecule has 1 spiro atoms. The molecule has 18 heavy (non-hydrogen) atoms. The molecule has 0 aromatic carbocycles. The first kappa shape index (κ1) is 12.4. The van der Waals surface area contributed by atoms with E-state index in [0.717, 1.165) is 19.4 Å². The first-order valence-corrected chi connectivity index (χ1v) is 6.97. The topological polar surface area (TPSA) is 42.1 Å². The van der Waals surface area contributed by atoms with Gasteiger partial charge in [0.05, 0.1) is 24.4 Å². The molecule has 0 aromatic heterocycles. The smallest absolute Gasteiger partial charge is 0.136 e.